The molecule has 0 aromatic rings. The van der Waals surface area contributed by atoms with E-state index in [1.165, 1.54) is 6.08 Å². The molecule has 2 saturated heterocycles. The van der Waals surface area contributed by atoms with Crippen molar-refractivity contribution in [3.05, 3.63) is 12.7 Å². The van der Waals surface area contributed by atoms with Gasteiger partial charge in [-0.25, -0.2) is 4.79 Å². The molecule has 158 valence electrons. The number of esters is 1. The number of hydrogen-bond acceptors (Lipinski definition) is 5. The molecule has 2 amide bonds. The first kappa shape index (κ1) is 22.2. The molecule has 0 aliphatic carbocycles. The van der Waals surface area contributed by atoms with Gasteiger partial charge in [-0.15, -0.1) is 0 Å². The zero-order valence-electron chi connectivity index (χ0n) is 17.7. The Hall–Kier alpha value is -2.05. The highest BCUT2D eigenvalue weighted by Gasteiger charge is 2.51. The van der Waals surface area contributed by atoms with Gasteiger partial charge in [0.25, 0.3) is 0 Å². The van der Waals surface area contributed by atoms with Crippen molar-refractivity contribution in [2.45, 2.75) is 59.0 Å². The Morgan fingerprint density at radius 2 is 1.79 bits per heavy atom. The van der Waals surface area contributed by atoms with Crippen molar-refractivity contribution in [1.82, 2.24) is 9.80 Å². The molecule has 2 rings (SSSR count). The lowest BCUT2D eigenvalue weighted by Gasteiger charge is -2.47. The van der Waals surface area contributed by atoms with Crippen molar-refractivity contribution < 1.29 is 23.9 Å². The van der Waals surface area contributed by atoms with E-state index in [0.717, 1.165) is 6.42 Å². The zero-order chi connectivity index (χ0) is 20.9. The Bertz CT molecular complexity index is 604. The summed E-state index contributed by atoms with van der Waals surface area (Å²) in [4.78, 5) is 40.9. The molecule has 7 heteroatoms. The average Bonchev–Trinajstić information content (AvgIpc) is 2.66. The lowest BCUT2D eigenvalue weighted by atomic mass is 9.66. The van der Waals surface area contributed by atoms with E-state index in [9.17, 15) is 14.4 Å². The molecular formula is C21H34N2O5. The maximum absolute atomic E-state index is 13.0. The number of piperidine rings is 2. The standard InChI is InChI=1S/C21H34N2O5/c1-6-17(24)23-12-8-11-21(15-23,18(25)27-7-2)16-9-13-22(14-10-16)19(26)28-20(3,4)5/h6,16H,1,7-15H2,2-5H3/t21-/m1/s1. The summed E-state index contributed by atoms with van der Waals surface area (Å²) in [5, 5.41) is 0. The number of carbonyl (C=O) groups excluding carboxylic acids is 3. The topological polar surface area (TPSA) is 76.2 Å². The molecule has 0 aromatic carbocycles. The summed E-state index contributed by atoms with van der Waals surface area (Å²) < 4.78 is 10.9. The van der Waals surface area contributed by atoms with Crippen molar-refractivity contribution in [3.63, 3.8) is 0 Å². The smallest absolute Gasteiger partial charge is 0.410 e. The van der Waals surface area contributed by atoms with Crippen LogP contribution in [0.3, 0.4) is 0 Å². The summed E-state index contributed by atoms with van der Waals surface area (Å²) in [5.74, 6) is -0.322. The summed E-state index contributed by atoms with van der Waals surface area (Å²) in [6, 6.07) is 0. The largest absolute Gasteiger partial charge is 0.466 e. The predicted octanol–water partition coefficient (Wildman–Crippen LogP) is 2.99. The second-order valence-corrected chi connectivity index (χ2v) is 8.69. The highest BCUT2D eigenvalue weighted by atomic mass is 16.6. The van der Waals surface area contributed by atoms with Gasteiger partial charge in [0.05, 0.1) is 12.0 Å². The van der Waals surface area contributed by atoms with Gasteiger partial charge in [-0.05, 0) is 65.4 Å². The SMILES string of the molecule is C=CC(=O)N1CCC[C@](C(=O)OCC)(C2CCN(C(=O)OC(C)(C)C)CC2)C1. The molecule has 28 heavy (non-hydrogen) atoms. The minimum absolute atomic E-state index is 0.0608. The molecular weight excluding hydrogens is 360 g/mol. The van der Waals surface area contributed by atoms with Gasteiger partial charge >= 0.3 is 12.1 Å². The van der Waals surface area contributed by atoms with Crippen LogP contribution in [0.25, 0.3) is 0 Å². The summed E-state index contributed by atoms with van der Waals surface area (Å²) >= 11 is 0. The Morgan fingerprint density at radius 1 is 1.14 bits per heavy atom. The minimum Gasteiger partial charge on any atom is -0.466 e. The lowest BCUT2D eigenvalue weighted by molar-refractivity contribution is -0.166. The number of likely N-dealkylation sites (tertiary alicyclic amines) is 2. The van der Waals surface area contributed by atoms with E-state index >= 15 is 0 Å². The molecule has 7 nitrogen and oxygen atoms in total. The normalized spacial score (nSPS) is 23.9. The fraction of sp³-hybridized carbons (Fsp3) is 0.762. The Kier molecular flexibility index (Phi) is 7.12. The molecule has 0 radical (unpaired) electrons. The van der Waals surface area contributed by atoms with Gasteiger partial charge in [0.2, 0.25) is 5.91 Å². The third-order valence-electron chi connectivity index (χ3n) is 5.62. The molecule has 0 unspecified atom stereocenters. The Labute approximate surface area is 168 Å². The van der Waals surface area contributed by atoms with Crippen molar-refractivity contribution in [2.24, 2.45) is 11.3 Å². The van der Waals surface area contributed by atoms with Gasteiger partial charge in [0.15, 0.2) is 0 Å². The third kappa shape index (κ3) is 5.06. The molecule has 0 bridgehead atoms. The van der Waals surface area contributed by atoms with Crippen LogP contribution in [0, 0.1) is 11.3 Å². The first-order valence-electron chi connectivity index (χ1n) is 10.2. The fourth-order valence-electron chi connectivity index (χ4n) is 4.28. The van der Waals surface area contributed by atoms with E-state index in [1.54, 1.807) is 16.7 Å². The van der Waals surface area contributed by atoms with Crippen molar-refractivity contribution >= 4 is 18.0 Å². The predicted molar refractivity (Wildman–Crippen MR) is 106 cm³/mol. The number of carbonyl (C=O) groups is 3. The zero-order valence-corrected chi connectivity index (χ0v) is 17.7. The second kappa shape index (κ2) is 8.97. The highest BCUT2D eigenvalue weighted by Crippen LogP contribution is 2.44. The molecule has 0 spiro atoms. The first-order valence-corrected chi connectivity index (χ1v) is 10.2. The Balaban J connectivity index is 2.13. The van der Waals surface area contributed by atoms with E-state index < -0.39 is 11.0 Å². The molecule has 2 aliphatic heterocycles. The summed E-state index contributed by atoms with van der Waals surface area (Å²) in [6.45, 7) is 13.3. The van der Waals surface area contributed by atoms with Gasteiger partial charge in [0, 0.05) is 26.2 Å². The van der Waals surface area contributed by atoms with Crippen LogP contribution in [0.4, 0.5) is 4.79 Å². The quantitative estimate of drug-likeness (QED) is 0.541. The summed E-state index contributed by atoms with van der Waals surface area (Å²) in [5.41, 5.74) is -1.25. The summed E-state index contributed by atoms with van der Waals surface area (Å²) in [6.07, 6.45) is 3.81. The van der Waals surface area contributed by atoms with Gasteiger partial charge in [0.1, 0.15) is 5.60 Å². The van der Waals surface area contributed by atoms with Gasteiger partial charge < -0.3 is 19.3 Å². The summed E-state index contributed by atoms with van der Waals surface area (Å²) in [7, 11) is 0. The molecule has 0 aromatic heterocycles. The second-order valence-electron chi connectivity index (χ2n) is 8.69. The lowest BCUT2D eigenvalue weighted by Crippen LogP contribution is -2.56. The van der Waals surface area contributed by atoms with Crippen LogP contribution >= 0.6 is 0 Å². The Morgan fingerprint density at radius 3 is 2.32 bits per heavy atom. The molecule has 2 aliphatic rings. The number of ether oxygens (including phenoxy) is 2. The average molecular weight is 395 g/mol. The highest BCUT2D eigenvalue weighted by molar-refractivity contribution is 5.88. The number of nitrogens with zero attached hydrogens (tertiary/aromatic N) is 2. The van der Waals surface area contributed by atoms with Gasteiger partial charge in [-0.1, -0.05) is 6.58 Å². The fourth-order valence-corrected chi connectivity index (χ4v) is 4.28. The molecule has 0 saturated carbocycles. The van der Waals surface area contributed by atoms with Crippen molar-refractivity contribution in [2.75, 3.05) is 32.8 Å². The van der Waals surface area contributed by atoms with E-state index in [1.807, 2.05) is 20.8 Å². The van der Waals surface area contributed by atoms with Crippen LogP contribution < -0.4 is 0 Å². The van der Waals surface area contributed by atoms with Crippen LogP contribution in [-0.2, 0) is 19.1 Å². The van der Waals surface area contributed by atoms with Crippen LogP contribution in [0.2, 0.25) is 0 Å². The minimum atomic E-state index is -0.715. The van der Waals surface area contributed by atoms with E-state index in [-0.39, 0.29) is 23.9 Å². The van der Waals surface area contributed by atoms with Crippen LogP contribution in [0.5, 0.6) is 0 Å². The number of hydrogen-bond donors (Lipinski definition) is 0. The van der Waals surface area contributed by atoms with E-state index in [2.05, 4.69) is 6.58 Å². The number of rotatable bonds is 4. The first-order chi connectivity index (χ1) is 13.1. The van der Waals surface area contributed by atoms with E-state index in [4.69, 9.17) is 9.47 Å². The van der Waals surface area contributed by atoms with Crippen molar-refractivity contribution in [3.8, 4) is 0 Å². The maximum Gasteiger partial charge on any atom is 0.410 e. The number of amides is 2. The van der Waals surface area contributed by atoms with Gasteiger partial charge in [-0.3, -0.25) is 9.59 Å². The molecule has 1 atom stereocenters. The van der Waals surface area contributed by atoms with Crippen LogP contribution in [0.1, 0.15) is 53.4 Å². The maximum atomic E-state index is 13.0. The molecule has 0 N–H and O–H groups in total. The monoisotopic (exact) mass is 394 g/mol. The van der Waals surface area contributed by atoms with Crippen LogP contribution in [-0.4, -0.2) is 66.2 Å². The van der Waals surface area contributed by atoms with Crippen molar-refractivity contribution in [1.29, 1.82) is 0 Å². The van der Waals surface area contributed by atoms with Crippen LogP contribution in [0.15, 0.2) is 12.7 Å². The molecule has 2 heterocycles. The van der Waals surface area contributed by atoms with Gasteiger partial charge in [-0.2, -0.15) is 0 Å². The third-order valence-corrected chi connectivity index (χ3v) is 5.62. The van der Waals surface area contributed by atoms with E-state index in [0.29, 0.717) is 52.0 Å². The molecule has 2 fully saturated rings.